The van der Waals surface area contributed by atoms with Gasteiger partial charge in [-0.05, 0) is 18.1 Å². The van der Waals surface area contributed by atoms with Gasteiger partial charge in [-0.25, -0.2) is 4.98 Å². The van der Waals surface area contributed by atoms with Crippen LogP contribution in [0.3, 0.4) is 0 Å². The van der Waals surface area contributed by atoms with Gasteiger partial charge >= 0.3 is 0 Å². The van der Waals surface area contributed by atoms with Crippen LogP contribution in [0.2, 0.25) is 0 Å². The molecule has 1 amide bonds. The minimum absolute atomic E-state index is 0.0199. The number of pyridine rings is 1. The van der Waals surface area contributed by atoms with Crippen molar-refractivity contribution in [3.63, 3.8) is 0 Å². The molecule has 3 rings (SSSR count). The summed E-state index contributed by atoms with van der Waals surface area (Å²) < 4.78 is 19.8. The van der Waals surface area contributed by atoms with Gasteiger partial charge in [0.15, 0.2) is 0 Å². The van der Waals surface area contributed by atoms with Gasteiger partial charge in [-0.1, -0.05) is 13.0 Å². The van der Waals surface area contributed by atoms with Crippen molar-refractivity contribution in [2.75, 3.05) is 13.1 Å². The van der Waals surface area contributed by atoms with Crippen molar-refractivity contribution in [3.05, 3.63) is 47.9 Å². The van der Waals surface area contributed by atoms with E-state index in [1.165, 1.54) is 6.33 Å². The van der Waals surface area contributed by atoms with Crippen LogP contribution < -0.4 is 4.74 Å². The van der Waals surface area contributed by atoms with Crippen molar-refractivity contribution in [3.8, 4) is 5.88 Å². The fourth-order valence-corrected chi connectivity index (χ4v) is 2.71. The Bertz CT molecular complexity index is 711. The lowest BCUT2D eigenvalue weighted by molar-refractivity contribution is -0.129. The Labute approximate surface area is 139 Å². The maximum Gasteiger partial charge on any atom is 0.254 e. The number of hydrogen-bond acceptors (Lipinski definition) is 5. The van der Waals surface area contributed by atoms with E-state index in [4.69, 9.17) is 4.74 Å². The first-order chi connectivity index (χ1) is 11.7. The Morgan fingerprint density at radius 2 is 2.33 bits per heavy atom. The van der Waals surface area contributed by atoms with Crippen LogP contribution in [0.1, 0.15) is 24.6 Å². The Morgan fingerprint density at radius 3 is 3.08 bits per heavy atom. The topological polar surface area (TPSA) is 68.2 Å². The summed E-state index contributed by atoms with van der Waals surface area (Å²) in [5.41, 5.74) is 1.21. The zero-order valence-electron chi connectivity index (χ0n) is 13.5. The molecule has 0 spiro atoms. The number of carbonyl (C=O) groups is 1. The predicted molar refractivity (Wildman–Crippen MR) is 84.9 cm³/mol. The monoisotopic (exact) mass is 330 g/mol. The van der Waals surface area contributed by atoms with Crippen LogP contribution in [0.5, 0.6) is 5.88 Å². The normalized spacial score (nSPS) is 17.1. The van der Waals surface area contributed by atoms with Gasteiger partial charge in [0.1, 0.15) is 12.4 Å². The smallest absolute Gasteiger partial charge is 0.254 e. The average molecular weight is 330 g/mol. The number of halogens is 1. The molecule has 0 saturated carbocycles. The number of nitrogens with zero attached hydrogens (tertiary/aromatic N) is 4. The van der Waals surface area contributed by atoms with Gasteiger partial charge < -0.3 is 9.64 Å². The van der Waals surface area contributed by atoms with Gasteiger partial charge in [-0.15, -0.1) is 0 Å². The van der Waals surface area contributed by atoms with Gasteiger partial charge in [0.05, 0.1) is 18.7 Å². The third kappa shape index (κ3) is 3.67. The fourth-order valence-electron chi connectivity index (χ4n) is 2.71. The maximum atomic E-state index is 14.1. The van der Waals surface area contributed by atoms with Crippen molar-refractivity contribution in [1.82, 2.24) is 19.9 Å². The molecule has 2 aromatic heterocycles. The molecule has 0 aromatic carbocycles. The van der Waals surface area contributed by atoms with E-state index >= 15 is 0 Å². The van der Waals surface area contributed by atoms with Gasteiger partial charge in [0.2, 0.25) is 11.7 Å². The number of ether oxygens (including phenoxy) is 1. The average Bonchev–Trinajstić information content (AvgIpc) is 3.06. The molecule has 126 valence electrons. The van der Waals surface area contributed by atoms with E-state index < -0.39 is 5.82 Å². The van der Waals surface area contributed by atoms with Gasteiger partial charge in [-0.3, -0.25) is 9.78 Å². The molecule has 1 saturated heterocycles. The Morgan fingerprint density at radius 1 is 1.46 bits per heavy atom. The molecule has 1 aliphatic heterocycles. The van der Waals surface area contributed by atoms with Crippen molar-refractivity contribution in [2.45, 2.75) is 32.3 Å². The van der Waals surface area contributed by atoms with Crippen LogP contribution in [0.4, 0.5) is 4.39 Å². The minimum atomic E-state index is -0.514. The summed E-state index contributed by atoms with van der Waals surface area (Å²) in [5, 5.41) is 0. The second kappa shape index (κ2) is 7.33. The van der Waals surface area contributed by atoms with Gasteiger partial charge in [0.25, 0.3) is 5.88 Å². The van der Waals surface area contributed by atoms with Crippen molar-refractivity contribution in [2.24, 2.45) is 0 Å². The Hall–Kier alpha value is -2.57. The highest BCUT2D eigenvalue weighted by Gasteiger charge is 2.29. The highest BCUT2D eigenvalue weighted by molar-refractivity contribution is 5.79. The number of likely N-dealkylation sites (tertiary alicyclic amines) is 1. The van der Waals surface area contributed by atoms with E-state index in [1.54, 1.807) is 17.3 Å². The molecular formula is C17H19FN4O2. The lowest BCUT2D eigenvalue weighted by atomic mass is 10.2. The zero-order valence-corrected chi connectivity index (χ0v) is 13.5. The molecule has 6 nitrogen and oxygen atoms in total. The SMILES string of the molecule is CCc1ncnc(O[C@H]2CCN(C(=O)Cc3cccnc3)C2)c1F. The molecule has 0 N–H and O–H groups in total. The highest BCUT2D eigenvalue weighted by atomic mass is 19.1. The number of carbonyl (C=O) groups excluding carboxylic acids is 1. The second-order valence-electron chi connectivity index (χ2n) is 5.70. The number of rotatable bonds is 5. The van der Waals surface area contributed by atoms with Crippen molar-refractivity contribution in [1.29, 1.82) is 0 Å². The Balaban J connectivity index is 1.58. The van der Waals surface area contributed by atoms with E-state index in [1.807, 2.05) is 19.1 Å². The summed E-state index contributed by atoms with van der Waals surface area (Å²) in [5.74, 6) is -0.528. The number of aryl methyl sites for hydroxylation is 1. The van der Waals surface area contributed by atoms with Crippen LogP contribution in [0.25, 0.3) is 0 Å². The molecular weight excluding hydrogens is 311 g/mol. The summed E-state index contributed by atoms with van der Waals surface area (Å²) in [7, 11) is 0. The summed E-state index contributed by atoms with van der Waals surface area (Å²) in [4.78, 5) is 25.8. The quantitative estimate of drug-likeness (QED) is 0.836. The molecule has 3 heterocycles. The molecule has 1 fully saturated rings. The summed E-state index contributed by atoms with van der Waals surface area (Å²) in [6.45, 7) is 2.85. The molecule has 2 aromatic rings. The summed E-state index contributed by atoms with van der Waals surface area (Å²) in [6.07, 6.45) is 5.85. The van der Waals surface area contributed by atoms with Crippen molar-refractivity contribution >= 4 is 5.91 Å². The van der Waals surface area contributed by atoms with E-state index in [2.05, 4.69) is 15.0 Å². The standard InChI is InChI=1S/C17H19FN4O2/c1-2-14-16(18)17(21-11-20-14)24-13-5-7-22(10-13)15(23)8-12-4-3-6-19-9-12/h3-4,6,9,11,13H,2,5,7-8,10H2,1H3/t13-/m0/s1. The van der Waals surface area contributed by atoms with Crippen molar-refractivity contribution < 1.29 is 13.9 Å². The molecule has 24 heavy (non-hydrogen) atoms. The van der Waals surface area contributed by atoms with Gasteiger partial charge in [-0.2, -0.15) is 9.37 Å². The van der Waals surface area contributed by atoms with Crippen LogP contribution in [0, 0.1) is 5.82 Å². The van der Waals surface area contributed by atoms with Crippen LogP contribution in [0.15, 0.2) is 30.9 Å². The lowest BCUT2D eigenvalue weighted by Gasteiger charge is -2.17. The van der Waals surface area contributed by atoms with E-state index in [-0.39, 0.29) is 17.9 Å². The zero-order chi connectivity index (χ0) is 16.9. The molecule has 0 bridgehead atoms. The van der Waals surface area contributed by atoms with Gasteiger partial charge in [0, 0.05) is 25.4 Å². The van der Waals surface area contributed by atoms with E-state index in [0.717, 1.165) is 5.56 Å². The highest BCUT2D eigenvalue weighted by Crippen LogP contribution is 2.21. The summed E-state index contributed by atoms with van der Waals surface area (Å²) >= 11 is 0. The number of hydrogen-bond donors (Lipinski definition) is 0. The lowest BCUT2D eigenvalue weighted by Crippen LogP contribution is -2.32. The molecule has 1 atom stereocenters. The molecule has 0 unspecified atom stereocenters. The largest absolute Gasteiger partial charge is 0.470 e. The number of aromatic nitrogens is 3. The van der Waals surface area contributed by atoms with E-state index in [9.17, 15) is 9.18 Å². The Kier molecular flexibility index (Phi) is 4.98. The van der Waals surface area contributed by atoms with Crippen LogP contribution in [-0.4, -0.2) is 45.0 Å². The fraction of sp³-hybridized carbons (Fsp3) is 0.412. The van der Waals surface area contributed by atoms with Crippen LogP contribution in [-0.2, 0) is 17.6 Å². The van der Waals surface area contributed by atoms with E-state index in [0.29, 0.717) is 38.0 Å². The molecule has 0 radical (unpaired) electrons. The third-order valence-corrected chi connectivity index (χ3v) is 4.02. The molecule has 0 aliphatic carbocycles. The first-order valence-corrected chi connectivity index (χ1v) is 8.00. The van der Waals surface area contributed by atoms with Crippen LogP contribution >= 0.6 is 0 Å². The minimum Gasteiger partial charge on any atom is -0.470 e. The number of amides is 1. The maximum absolute atomic E-state index is 14.1. The first kappa shape index (κ1) is 16.3. The second-order valence-corrected chi connectivity index (χ2v) is 5.70. The predicted octanol–water partition coefficient (Wildman–Crippen LogP) is 1.80. The first-order valence-electron chi connectivity index (χ1n) is 8.00. The summed E-state index contributed by atoms with van der Waals surface area (Å²) in [6, 6.07) is 3.68. The molecule has 1 aliphatic rings. The third-order valence-electron chi connectivity index (χ3n) is 4.02. The molecule has 7 heteroatoms.